The Hall–Kier alpha value is -0.290. The molecule has 0 aliphatic rings. The first kappa shape index (κ1) is 17.8. The molecule has 3 nitrogen and oxygen atoms in total. The van der Waals surface area contributed by atoms with Gasteiger partial charge in [-0.15, -0.1) is 0 Å². The van der Waals surface area contributed by atoms with Crippen LogP contribution in [0.5, 0.6) is 0 Å². The topological polar surface area (TPSA) is 54.4 Å². The maximum Gasteiger partial charge on any atom is 0.335 e. The molecule has 1 aromatic rings. The van der Waals surface area contributed by atoms with E-state index in [1.54, 1.807) is 6.92 Å². The highest BCUT2D eigenvalue weighted by atomic mass is 35.6. The van der Waals surface area contributed by atoms with Crippen LogP contribution in [0.4, 0.5) is 0 Å². The molecule has 20 heavy (non-hydrogen) atoms. The van der Waals surface area contributed by atoms with Crippen molar-refractivity contribution in [3.63, 3.8) is 0 Å². The SMILES string of the molecule is CCCC[S@@](=O)c1c(C(Cl)(Cl)Cl)ccc(C(=O)O)c1C. The second-order valence-corrected chi connectivity index (χ2v) is 8.11. The van der Waals surface area contributed by atoms with E-state index in [0.29, 0.717) is 16.2 Å². The molecule has 0 bridgehead atoms. The standard InChI is InChI=1S/C13H15Cl3O3S/c1-3-4-7-20(19)11-8(2)9(12(17)18)5-6-10(11)13(14,15)16/h5-6H,3-4,7H2,1-2H3,(H,17,18)/t20-/m1/s1. The third-order valence-corrected chi connectivity index (χ3v) is 5.10. The maximum absolute atomic E-state index is 12.4. The van der Waals surface area contributed by atoms with E-state index in [1.807, 2.05) is 6.92 Å². The Morgan fingerprint density at radius 2 is 1.95 bits per heavy atom. The number of carboxylic acids is 1. The number of alkyl halides is 3. The summed E-state index contributed by atoms with van der Waals surface area (Å²) in [5, 5.41) is 9.14. The van der Waals surface area contributed by atoms with Crippen LogP contribution in [0.3, 0.4) is 0 Å². The molecule has 7 heteroatoms. The molecule has 1 rings (SSSR count). The molecule has 1 N–H and O–H groups in total. The van der Waals surface area contributed by atoms with E-state index in [-0.39, 0.29) is 11.1 Å². The van der Waals surface area contributed by atoms with Crippen LogP contribution in [-0.4, -0.2) is 21.0 Å². The molecule has 0 amide bonds. The third-order valence-electron chi connectivity index (χ3n) is 2.85. The minimum atomic E-state index is -1.74. The molecule has 1 atom stereocenters. The van der Waals surface area contributed by atoms with Gasteiger partial charge in [-0.1, -0.05) is 54.2 Å². The van der Waals surface area contributed by atoms with E-state index < -0.39 is 20.6 Å². The highest BCUT2D eigenvalue weighted by molar-refractivity contribution is 7.85. The van der Waals surface area contributed by atoms with Crippen LogP contribution in [0.25, 0.3) is 0 Å². The van der Waals surface area contributed by atoms with Gasteiger partial charge in [0, 0.05) is 11.3 Å². The Bertz CT molecular complexity index is 538. The Morgan fingerprint density at radius 1 is 1.35 bits per heavy atom. The average molecular weight is 358 g/mol. The van der Waals surface area contributed by atoms with Gasteiger partial charge in [0.25, 0.3) is 0 Å². The molecule has 0 aliphatic heterocycles. The summed E-state index contributed by atoms with van der Waals surface area (Å²) in [6.07, 6.45) is 1.63. The number of aromatic carboxylic acids is 1. The van der Waals surface area contributed by atoms with E-state index in [0.717, 1.165) is 12.8 Å². The van der Waals surface area contributed by atoms with Gasteiger partial charge in [0.2, 0.25) is 3.79 Å². The summed E-state index contributed by atoms with van der Waals surface area (Å²) < 4.78 is 10.7. The number of halogens is 3. The van der Waals surface area contributed by atoms with Crippen molar-refractivity contribution in [1.82, 2.24) is 0 Å². The lowest BCUT2D eigenvalue weighted by atomic mass is 10.1. The summed E-state index contributed by atoms with van der Waals surface area (Å²) in [6.45, 7) is 3.57. The minimum absolute atomic E-state index is 0.0721. The number of hydrogen-bond donors (Lipinski definition) is 1. The Kier molecular flexibility index (Phi) is 6.32. The van der Waals surface area contributed by atoms with Crippen molar-refractivity contribution in [2.75, 3.05) is 5.75 Å². The predicted molar refractivity (Wildman–Crippen MR) is 83.6 cm³/mol. The lowest BCUT2D eigenvalue weighted by molar-refractivity contribution is 0.0696. The summed E-state index contributed by atoms with van der Waals surface area (Å²) in [6, 6.07) is 2.79. The van der Waals surface area contributed by atoms with Gasteiger partial charge in [-0.2, -0.15) is 0 Å². The maximum atomic E-state index is 12.4. The molecule has 0 heterocycles. The largest absolute Gasteiger partial charge is 0.478 e. The van der Waals surface area contributed by atoms with E-state index in [4.69, 9.17) is 39.9 Å². The molecule has 0 aromatic heterocycles. The molecule has 1 aromatic carbocycles. The lowest BCUT2D eigenvalue weighted by Crippen LogP contribution is -2.14. The Balaban J connectivity index is 3.45. The first-order chi connectivity index (χ1) is 9.20. The quantitative estimate of drug-likeness (QED) is 0.793. The van der Waals surface area contributed by atoms with Gasteiger partial charge >= 0.3 is 5.97 Å². The van der Waals surface area contributed by atoms with Crippen molar-refractivity contribution < 1.29 is 14.1 Å². The smallest absolute Gasteiger partial charge is 0.335 e. The highest BCUT2D eigenvalue weighted by Gasteiger charge is 2.30. The van der Waals surface area contributed by atoms with Gasteiger partial charge in [-0.3, -0.25) is 4.21 Å². The minimum Gasteiger partial charge on any atom is -0.478 e. The molecular formula is C13H15Cl3O3S. The zero-order valence-corrected chi connectivity index (χ0v) is 14.2. The number of unbranched alkanes of at least 4 members (excludes halogenated alkanes) is 1. The van der Waals surface area contributed by atoms with Crippen LogP contribution in [0, 0.1) is 6.92 Å². The Labute approximate surface area is 135 Å². The second kappa shape index (κ2) is 7.12. The summed E-state index contributed by atoms with van der Waals surface area (Å²) in [7, 11) is -1.40. The summed E-state index contributed by atoms with van der Waals surface area (Å²) in [4.78, 5) is 11.5. The van der Waals surface area contributed by atoms with E-state index in [9.17, 15) is 9.00 Å². The van der Waals surface area contributed by atoms with Crippen molar-refractivity contribution in [3.05, 3.63) is 28.8 Å². The zero-order valence-electron chi connectivity index (χ0n) is 11.1. The fourth-order valence-corrected chi connectivity index (χ4v) is 4.13. The Morgan fingerprint density at radius 3 is 2.40 bits per heavy atom. The van der Waals surface area contributed by atoms with Crippen LogP contribution in [-0.2, 0) is 14.6 Å². The molecule has 0 saturated heterocycles. The van der Waals surface area contributed by atoms with Crippen LogP contribution >= 0.6 is 34.8 Å². The zero-order chi connectivity index (χ0) is 15.5. The number of carbonyl (C=O) groups is 1. The highest BCUT2D eigenvalue weighted by Crippen LogP contribution is 2.42. The molecule has 0 fully saturated rings. The molecule has 0 saturated carbocycles. The fraction of sp³-hybridized carbons (Fsp3) is 0.462. The van der Waals surface area contributed by atoms with Gasteiger partial charge in [0.05, 0.1) is 21.3 Å². The summed E-state index contributed by atoms with van der Waals surface area (Å²) in [5.41, 5.74) is 0.734. The first-order valence-corrected chi connectivity index (χ1v) is 8.47. The van der Waals surface area contributed by atoms with Crippen molar-refractivity contribution in [3.8, 4) is 0 Å². The van der Waals surface area contributed by atoms with Gasteiger partial charge < -0.3 is 5.11 Å². The first-order valence-electron chi connectivity index (χ1n) is 6.02. The van der Waals surface area contributed by atoms with Gasteiger partial charge in [0.1, 0.15) is 0 Å². The van der Waals surface area contributed by atoms with E-state index in [2.05, 4.69) is 0 Å². The van der Waals surface area contributed by atoms with Crippen molar-refractivity contribution in [1.29, 1.82) is 0 Å². The van der Waals surface area contributed by atoms with Crippen molar-refractivity contribution in [2.24, 2.45) is 0 Å². The van der Waals surface area contributed by atoms with Crippen molar-refractivity contribution >= 4 is 51.6 Å². The molecule has 0 spiro atoms. The van der Waals surface area contributed by atoms with Gasteiger partial charge in [-0.25, -0.2) is 4.79 Å². The molecule has 112 valence electrons. The predicted octanol–water partition coefficient (Wildman–Crippen LogP) is 4.43. The number of hydrogen-bond acceptors (Lipinski definition) is 2. The van der Waals surface area contributed by atoms with Crippen LogP contribution < -0.4 is 0 Å². The molecule has 0 aliphatic carbocycles. The molecule has 0 unspecified atom stereocenters. The summed E-state index contributed by atoms with van der Waals surface area (Å²) in [5.74, 6) is -0.680. The normalized spacial score (nSPS) is 13.2. The molecular weight excluding hydrogens is 343 g/mol. The summed E-state index contributed by atoms with van der Waals surface area (Å²) >= 11 is 17.7. The average Bonchev–Trinajstić information content (AvgIpc) is 2.33. The number of carboxylic acid groups (broad SMARTS) is 1. The number of benzene rings is 1. The van der Waals surface area contributed by atoms with Crippen LogP contribution in [0.2, 0.25) is 0 Å². The van der Waals surface area contributed by atoms with Crippen LogP contribution in [0.1, 0.15) is 41.3 Å². The monoisotopic (exact) mass is 356 g/mol. The van der Waals surface area contributed by atoms with Crippen molar-refractivity contribution in [2.45, 2.75) is 35.4 Å². The van der Waals surface area contributed by atoms with E-state index >= 15 is 0 Å². The van der Waals surface area contributed by atoms with Gasteiger partial charge in [-0.05, 0) is 25.0 Å². The van der Waals surface area contributed by atoms with Gasteiger partial charge in [0.15, 0.2) is 0 Å². The molecule has 0 radical (unpaired) electrons. The van der Waals surface area contributed by atoms with E-state index in [1.165, 1.54) is 12.1 Å². The van der Waals surface area contributed by atoms with Crippen LogP contribution in [0.15, 0.2) is 17.0 Å². The lowest BCUT2D eigenvalue weighted by Gasteiger charge is -2.19. The third kappa shape index (κ3) is 4.10. The second-order valence-electron chi connectivity index (χ2n) is 4.32. The fourth-order valence-electron chi connectivity index (χ4n) is 1.82. The number of rotatable bonds is 5.